The zero-order valence-electron chi connectivity index (χ0n) is 27.8. The molecule has 10 nitrogen and oxygen atoms in total. The number of hydrogen-bond acceptors (Lipinski definition) is 8. The first-order chi connectivity index (χ1) is 18.7. The molecule has 0 heterocycles. The summed E-state index contributed by atoms with van der Waals surface area (Å²) in [6.45, 7) is -3.55. The second-order valence-corrected chi connectivity index (χ2v) is 6.80. The summed E-state index contributed by atoms with van der Waals surface area (Å²) in [6.07, 6.45) is -3.20. The summed E-state index contributed by atoms with van der Waals surface area (Å²) < 4.78 is 86.8. The number of thioether (sulfide) groups is 2. The molecular formula is C18H30N2O8S2. The van der Waals surface area contributed by atoms with Crippen LogP contribution in [-0.2, 0) is 19.2 Å². The van der Waals surface area contributed by atoms with Crippen LogP contribution in [-0.4, -0.2) is 91.3 Å². The molecule has 0 spiro atoms. The van der Waals surface area contributed by atoms with E-state index >= 15 is 0 Å². The van der Waals surface area contributed by atoms with Crippen LogP contribution < -0.4 is 10.6 Å². The van der Waals surface area contributed by atoms with E-state index in [4.69, 9.17) is 26.7 Å². The number of carbonyl (C=O) groups excluding carboxylic acids is 2. The van der Waals surface area contributed by atoms with Crippen LogP contribution in [0, 0.1) is 0 Å². The van der Waals surface area contributed by atoms with E-state index in [0.29, 0.717) is 0 Å². The van der Waals surface area contributed by atoms with Gasteiger partial charge in [0.15, 0.2) is 0 Å². The van der Waals surface area contributed by atoms with E-state index in [9.17, 15) is 29.4 Å². The van der Waals surface area contributed by atoms with E-state index in [0.717, 1.165) is 13.8 Å². The number of amides is 2. The molecular weight excluding hydrogens is 436 g/mol. The Morgan fingerprint density at radius 2 is 1.60 bits per heavy atom. The van der Waals surface area contributed by atoms with Gasteiger partial charge in [-0.1, -0.05) is 12.1 Å². The fourth-order valence-electron chi connectivity index (χ4n) is 1.32. The molecule has 0 aromatic rings. The normalized spacial score (nSPS) is 22.5. The quantitative estimate of drug-likeness (QED) is 0.182. The van der Waals surface area contributed by atoms with Crippen LogP contribution in [0.25, 0.3) is 0 Å². The number of rotatable bonds is 14. The number of carboxylic acid groups (broad SMARTS) is 2. The summed E-state index contributed by atoms with van der Waals surface area (Å²) in [7, 11) is 0. The molecule has 0 bridgehead atoms. The van der Waals surface area contributed by atoms with Gasteiger partial charge >= 0.3 is 11.9 Å². The smallest absolute Gasteiger partial charge is 0.327 e. The maximum Gasteiger partial charge on any atom is 0.327 e. The minimum atomic E-state index is -3.29. The van der Waals surface area contributed by atoms with Crippen LogP contribution in [0.15, 0.2) is 25.2 Å². The van der Waals surface area contributed by atoms with E-state index in [1.807, 2.05) is 0 Å². The Morgan fingerprint density at radius 1 is 1.10 bits per heavy atom. The van der Waals surface area contributed by atoms with Crippen LogP contribution in [0.3, 0.4) is 0 Å². The van der Waals surface area contributed by atoms with E-state index in [1.165, 1.54) is 0 Å². The third-order valence-corrected chi connectivity index (χ3v) is 4.32. The van der Waals surface area contributed by atoms with Gasteiger partial charge in [-0.05, 0) is 0 Å². The molecule has 6 N–H and O–H groups in total. The lowest BCUT2D eigenvalue weighted by molar-refractivity contribution is -0.141. The van der Waals surface area contributed by atoms with Crippen molar-refractivity contribution in [3.8, 4) is 0 Å². The van der Waals surface area contributed by atoms with Gasteiger partial charge in [0.2, 0.25) is 11.8 Å². The Labute approximate surface area is 201 Å². The predicted octanol–water partition coefficient (Wildman–Crippen LogP) is -0.288. The molecule has 0 aliphatic heterocycles. The summed E-state index contributed by atoms with van der Waals surface area (Å²) in [5.41, 5.74) is -2.86. The summed E-state index contributed by atoms with van der Waals surface area (Å²) in [6, 6.07) is -5.28. The number of aliphatic carboxylic acids is 2. The molecule has 12 heteroatoms. The minimum absolute atomic E-state index is 0.189. The summed E-state index contributed by atoms with van der Waals surface area (Å²) >= 11 is 0.396. The van der Waals surface area contributed by atoms with Crippen LogP contribution in [0.2, 0.25) is 0 Å². The third kappa shape index (κ3) is 16.9. The number of nitrogens with one attached hydrogen (secondary N) is 2. The fraction of sp³-hybridized carbons (Fsp3) is 0.556. The van der Waals surface area contributed by atoms with E-state index in [2.05, 4.69) is 10.6 Å². The molecule has 0 saturated heterocycles. The van der Waals surface area contributed by atoms with Crippen molar-refractivity contribution in [1.82, 2.24) is 10.6 Å². The second-order valence-electron chi connectivity index (χ2n) is 4.95. The van der Waals surface area contributed by atoms with Crippen molar-refractivity contribution in [1.29, 1.82) is 0 Å². The first-order valence-electron chi connectivity index (χ1n) is 13.7. The zero-order chi connectivity index (χ0) is 34.0. The first kappa shape index (κ1) is 14.1. The van der Waals surface area contributed by atoms with Crippen LogP contribution >= 0.6 is 23.5 Å². The van der Waals surface area contributed by atoms with Gasteiger partial charge in [0.25, 0.3) is 0 Å². The minimum Gasteiger partial charge on any atom is -0.480 e. The Hall–Kier alpha value is -2.02. The van der Waals surface area contributed by atoms with Crippen LogP contribution in [0.1, 0.15) is 30.3 Å². The van der Waals surface area contributed by atoms with Gasteiger partial charge in [0, 0.05) is 40.4 Å². The van der Waals surface area contributed by atoms with Gasteiger partial charge in [0.05, 0.1) is 25.0 Å². The summed E-state index contributed by atoms with van der Waals surface area (Å²) in [5.74, 6) is -5.22. The molecule has 0 fully saturated rings. The average molecular weight is 479 g/mol. The zero-order valence-corrected chi connectivity index (χ0v) is 17.4. The Morgan fingerprint density at radius 3 is 2.00 bits per heavy atom. The molecule has 0 aromatic carbocycles. The summed E-state index contributed by atoms with van der Waals surface area (Å²) in [4.78, 5) is 43.5. The molecule has 172 valence electrons. The van der Waals surface area contributed by atoms with Crippen molar-refractivity contribution >= 4 is 47.3 Å². The third-order valence-electron chi connectivity index (χ3n) is 2.50. The van der Waals surface area contributed by atoms with Crippen molar-refractivity contribution in [2.24, 2.45) is 0 Å². The second kappa shape index (κ2) is 17.8. The fourth-order valence-corrected chi connectivity index (χ4v) is 2.68. The number of hydrogen-bond donors (Lipinski definition) is 6. The molecule has 2 amide bonds. The Kier molecular flexibility index (Phi) is 8.38. The van der Waals surface area contributed by atoms with Crippen molar-refractivity contribution in [3.63, 3.8) is 0 Å². The predicted molar refractivity (Wildman–Crippen MR) is 118 cm³/mol. The monoisotopic (exact) mass is 478 g/mol. The molecule has 30 heavy (non-hydrogen) atoms. The highest BCUT2D eigenvalue weighted by molar-refractivity contribution is 8.00. The summed E-state index contributed by atoms with van der Waals surface area (Å²) in [5, 5.41) is 38.1. The highest BCUT2D eigenvalue weighted by Crippen LogP contribution is 2.12. The van der Waals surface area contributed by atoms with Gasteiger partial charge in [-0.2, -0.15) is 11.8 Å². The number of carboxylic acids is 2. The molecule has 0 aliphatic rings. The molecule has 0 rings (SSSR count). The number of aliphatic hydroxyl groups is 2. The molecule has 0 aliphatic carbocycles. The van der Waals surface area contributed by atoms with Gasteiger partial charge in [-0.25, -0.2) is 9.59 Å². The maximum absolute atomic E-state index is 10.9. The van der Waals surface area contributed by atoms with Crippen molar-refractivity contribution < 1.29 is 56.1 Å². The topological polar surface area (TPSA) is 173 Å². The standard InChI is InChI=1S/2C9H15NO4S/c1-3-7(12)4-15-5-8(9(13)14)10-6(2)11;1-3-7(4-11)15-5-8(9(13)14)10-6(2)12/h3,7-8,12H,1,4-5H2,2H3,(H,10,11)(H,13,14);3,7-8,11H,1,4-5H2,2H3,(H,10,12)(H,13,14)/t2*7?,8-/m11/s1/i2*1D2,3D,4D2,7D. The lowest BCUT2D eigenvalue weighted by atomic mass is 10.3. The van der Waals surface area contributed by atoms with E-state index in [-0.39, 0.29) is 23.5 Å². The molecule has 0 radical (unpaired) electrons. The molecule has 0 saturated carbocycles. The SMILES string of the molecule is [2H]C([2H])=C([2H])C([2H])(O)C([2H])([2H])SC[C@@H](NC(C)=O)C(=O)O.[2H]C([2H])=C([2H])C([2H])(SC[C@@H](NC(C)=O)C(=O)O)C([2H])([2H])O. The maximum atomic E-state index is 10.9. The average Bonchev–Trinajstić information content (AvgIpc) is 2.81. The van der Waals surface area contributed by atoms with Crippen molar-refractivity contribution in [2.75, 3.05) is 23.8 Å². The lowest BCUT2D eigenvalue weighted by Crippen LogP contribution is -2.41. The van der Waals surface area contributed by atoms with Gasteiger partial charge in [0.1, 0.15) is 12.1 Å². The van der Waals surface area contributed by atoms with E-state index < -0.39 is 96.1 Å². The molecule has 2 unspecified atom stereocenters. The Bertz CT molecular complexity index is 1070. The Balaban J connectivity index is 0. The van der Waals surface area contributed by atoms with Gasteiger partial charge < -0.3 is 31.1 Å². The first-order valence-corrected chi connectivity index (χ1v) is 9.64. The lowest BCUT2D eigenvalue weighted by Gasteiger charge is -2.15. The largest absolute Gasteiger partial charge is 0.480 e. The van der Waals surface area contributed by atoms with Crippen molar-refractivity contribution in [3.05, 3.63) is 25.2 Å². The van der Waals surface area contributed by atoms with Crippen LogP contribution in [0.4, 0.5) is 0 Å². The molecule has 4 atom stereocenters. The van der Waals surface area contributed by atoms with Gasteiger partial charge in [-0.15, -0.1) is 24.8 Å². The van der Waals surface area contributed by atoms with Gasteiger partial charge in [-0.3, -0.25) is 9.59 Å². The van der Waals surface area contributed by atoms with Crippen LogP contribution in [0.5, 0.6) is 0 Å². The number of carbonyl (C=O) groups is 4. The highest BCUT2D eigenvalue weighted by atomic mass is 32.2. The highest BCUT2D eigenvalue weighted by Gasteiger charge is 2.20. The van der Waals surface area contributed by atoms with E-state index in [1.54, 1.807) is 0 Å². The molecule has 0 aromatic heterocycles. The van der Waals surface area contributed by atoms with Crippen molar-refractivity contribution in [2.45, 2.75) is 37.2 Å².